The van der Waals surface area contributed by atoms with Gasteiger partial charge in [0.25, 0.3) is 0 Å². The molecule has 2 saturated heterocycles. The number of hydrogen-bond donors (Lipinski definition) is 0. The molecule has 29 heavy (non-hydrogen) atoms. The van der Waals surface area contributed by atoms with Crippen molar-refractivity contribution in [2.45, 2.75) is 49.3 Å². The van der Waals surface area contributed by atoms with Gasteiger partial charge in [0.15, 0.2) is 9.84 Å². The van der Waals surface area contributed by atoms with Crippen LogP contribution in [-0.2, 0) is 26.0 Å². The summed E-state index contributed by atoms with van der Waals surface area (Å²) in [6.07, 6.45) is 3.80. The molecule has 2 fully saturated rings. The van der Waals surface area contributed by atoms with E-state index in [0.717, 1.165) is 31.4 Å². The van der Waals surface area contributed by atoms with Crippen LogP contribution in [0.15, 0.2) is 65.6 Å². The molecule has 2 bridgehead atoms. The van der Waals surface area contributed by atoms with Gasteiger partial charge < -0.3 is 4.74 Å². The molecule has 0 aromatic heterocycles. The molecule has 0 aliphatic carbocycles. The average molecular weight is 416 g/mol. The third-order valence-corrected chi connectivity index (χ3v) is 7.75. The summed E-state index contributed by atoms with van der Waals surface area (Å²) >= 11 is 0. The molecule has 4 unspecified atom stereocenters. The number of fused-ring (bicyclic) bond motifs is 2. The quantitative estimate of drug-likeness (QED) is 0.623. The Balaban J connectivity index is 1.28. The van der Waals surface area contributed by atoms with Crippen LogP contribution in [0.2, 0.25) is 0 Å². The molecule has 2 aromatic rings. The van der Waals surface area contributed by atoms with E-state index < -0.39 is 9.84 Å². The van der Waals surface area contributed by atoms with Crippen LogP contribution >= 0.6 is 0 Å². The second-order valence-corrected chi connectivity index (χ2v) is 10.0. The summed E-state index contributed by atoms with van der Waals surface area (Å²) in [5.74, 6) is 0.599. The molecule has 2 aromatic carbocycles. The molecule has 0 spiro atoms. The lowest BCUT2D eigenvalue weighted by Crippen LogP contribution is -2.38. The number of ether oxygens (including phenoxy) is 1. The third kappa shape index (κ3) is 5.07. The first-order chi connectivity index (χ1) is 14.1. The van der Waals surface area contributed by atoms with Crippen molar-refractivity contribution in [3.05, 3.63) is 66.2 Å². The van der Waals surface area contributed by atoms with Crippen LogP contribution in [0.4, 0.5) is 0 Å². The van der Waals surface area contributed by atoms with Gasteiger partial charge in [0.2, 0.25) is 0 Å². The summed E-state index contributed by atoms with van der Waals surface area (Å²) in [5.41, 5.74) is 1.16. The lowest BCUT2D eigenvalue weighted by atomic mass is 9.85. The van der Waals surface area contributed by atoms with Crippen LogP contribution in [0, 0.1) is 5.92 Å². The molecule has 0 N–H and O–H groups in total. The molecule has 156 valence electrons. The standard InChI is InChI=1S/C23H29NO4S/c25-29(26,20-11-5-2-6-12-20)16-8-14-22-21-13-7-15-24(22)28-23(21)18-27-17-19-9-3-1-4-10-19/h1-6,9-12,21-23H,7-8,13-18H2. The summed E-state index contributed by atoms with van der Waals surface area (Å²) in [6, 6.07) is 19.2. The molecule has 5 nitrogen and oxygen atoms in total. The van der Waals surface area contributed by atoms with Crippen LogP contribution in [-0.4, -0.2) is 44.5 Å². The van der Waals surface area contributed by atoms with Gasteiger partial charge >= 0.3 is 0 Å². The van der Waals surface area contributed by atoms with Gasteiger partial charge in [-0.25, -0.2) is 8.42 Å². The minimum Gasteiger partial charge on any atom is -0.374 e. The zero-order chi connectivity index (χ0) is 20.1. The summed E-state index contributed by atoms with van der Waals surface area (Å²) in [4.78, 5) is 6.57. The van der Waals surface area contributed by atoms with Crippen molar-refractivity contribution in [2.24, 2.45) is 5.92 Å². The van der Waals surface area contributed by atoms with Crippen molar-refractivity contribution in [2.75, 3.05) is 18.9 Å². The number of piperidine rings is 1. The molecule has 6 heteroatoms. The number of rotatable bonds is 9. The van der Waals surface area contributed by atoms with E-state index in [1.165, 1.54) is 0 Å². The maximum Gasteiger partial charge on any atom is 0.178 e. The van der Waals surface area contributed by atoms with Crippen molar-refractivity contribution in [3.63, 3.8) is 0 Å². The van der Waals surface area contributed by atoms with Gasteiger partial charge in [0.1, 0.15) is 6.10 Å². The van der Waals surface area contributed by atoms with Crippen molar-refractivity contribution in [3.8, 4) is 0 Å². The van der Waals surface area contributed by atoms with Crippen molar-refractivity contribution < 1.29 is 18.0 Å². The second kappa shape index (κ2) is 9.39. The van der Waals surface area contributed by atoms with Gasteiger partial charge in [-0.1, -0.05) is 48.5 Å². The Kier molecular flexibility index (Phi) is 6.65. The van der Waals surface area contributed by atoms with Crippen LogP contribution < -0.4 is 0 Å². The Morgan fingerprint density at radius 2 is 1.76 bits per heavy atom. The normalized spacial score (nSPS) is 26.5. The van der Waals surface area contributed by atoms with E-state index in [0.29, 0.717) is 36.5 Å². The van der Waals surface area contributed by atoms with E-state index in [1.807, 2.05) is 24.3 Å². The second-order valence-electron chi connectivity index (χ2n) is 7.93. The Bertz CT molecular complexity index is 872. The van der Waals surface area contributed by atoms with E-state index in [2.05, 4.69) is 17.2 Å². The number of hydrogen-bond acceptors (Lipinski definition) is 5. The summed E-state index contributed by atoms with van der Waals surface area (Å²) in [6.45, 7) is 2.09. The smallest absolute Gasteiger partial charge is 0.178 e. The third-order valence-electron chi connectivity index (χ3n) is 5.94. The first-order valence-electron chi connectivity index (χ1n) is 10.5. The molecule has 4 atom stereocenters. The fourth-order valence-electron chi connectivity index (χ4n) is 4.48. The van der Waals surface area contributed by atoms with Crippen molar-refractivity contribution in [1.29, 1.82) is 0 Å². The van der Waals surface area contributed by atoms with Crippen LogP contribution in [0.1, 0.15) is 31.2 Å². The fourth-order valence-corrected chi connectivity index (χ4v) is 5.83. The Labute approximate surface area is 173 Å². The first kappa shape index (κ1) is 20.5. The number of nitrogens with zero attached hydrogens (tertiary/aromatic N) is 1. The van der Waals surface area contributed by atoms with Gasteiger partial charge in [0.05, 0.1) is 23.9 Å². The SMILES string of the molecule is O=S(=O)(CCCC1C2CCCN1OC2COCc1ccccc1)c1ccccc1. The summed E-state index contributed by atoms with van der Waals surface area (Å²) in [7, 11) is -3.22. The molecule has 0 saturated carbocycles. The molecule has 2 heterocycles. The summed E-state index contributed by atoms with van der Waals surface area (Å²) < 4.78 is 31.0. The van der Waals surface area contributed by atoms with E-state index in [4.69, 9.17) is 9.57 Å². The number of benzene rings is 2. The molecular weight excluding hydrogens is 386 g/mol. The Hall–Kier alpha value is -1.73. The van der Waals surface area contributed by atoms with E-state index in [9.17, 15) is 8.42 Å². The largest absolute Gasteiger partial charge is 0.374 e. The monoisotopic (exact) mass is 415 g/mol. The molecule has 0 radical (unpaired) electrons. The molecule has 4 rings (SSSR count). The van der Waals surface area contributed by atoms with Gasteiger partial charge in [-0.3, -0.25) is 4.84 Å². The zero-order valence-corrected chi connectivity index (χ0v) is 17.5. The highest BCUT2D eigenvalue weighted by atomic mass is 32.2. The molecule has 0 amide bonds. The highest BCUT2D eigenvalue weighted by Gasteiger charge is 2.45. The van der Waals surface area contributed by atoms with E-state index in [-0.39, 0.29) is 11.9 Å². The maximum atomic E-state index is 12.5. The Morgan fingerprint density at radius 1 is 1.03 bits per heavy atom. The van der Waals surface area contributed by atoms with Crippen LogP contribution in [0.3, 0.4) is 0 Å². The summed E-state index contributed by atoms with van der Waals surface area (Å²) in [5, 5.41) is 2.08. The topological polar surface area (TPSA) is 55.8 Å². The van der Waals surface area contributed by atoms with Crippen molar-refractivity contribution >= 4 is 9.84 Å². The molecule has 2 aliphatic heterocycles. The average Bonchev–Trinajstić information content (AvgIpc) is 2.92. The van der Waals surface area contributed by atoms with Gasteiger partial charge in [-0.05, 0) is 43.4 Å². The predicted molar refractivity (Wildman–Crippen MR) is 112 cm³/mol. The zero-order valence-electron chi connectivity index (χ0n) is 16.7. The minimum atomic E-state index is -3.22. The van der Waals surface area contributed by atoms with E-state index in [1.54, 1.807) is 24.3 Å². The van der Waals surface area contributed by atoms with E-state index >= 15 is 0 Å². The van der Waals surface area contributed by atoms with Crippen molar-refractivity contribution in [1.82, 2.24) is 5.06 Å². The highest BCUT2D eigenvalue weighted by molar-refractivity contribution is 7.91. The van der Waals surface area contributed by atoms with Gasteiger partial charge in [-0.15, -0.1) is 0 Å². The Morgan fingerprint density at radius 3 is 2.52 bits per heavy atom. The highest BCUT2D eigenvalue weighted by Crippen LogP contribution is 2.38. The van der Waals surface area contributed by atoms with Gasteiger partial charge in [0, 0.05) is 18.5 Å². The number of sulfone groups is 1. The molecular formula is C23H29NO4S. The lowest BCUT2D eigenvalue weighted by molar-refractivity contribution is -0.174. The number of hydroxylamine groups is 2. The van der Waals surface area contributed by atoms with Crippen LogP contribution in [0.5, 0.6) is 0 Å². The minimum absolute atomic E-state index is 0.0666. The molecule has 2 aliphatic rings. The first-order valence-corrected chi connectivity index (χ1v) is 12.1. The van der Waals surface area contributed by atoms with Crippen LogP contribution in [0.25, 0.3) is 0 Å². The predicted octanol–water partition coefficient (Wildman–Crippen LogP) is 3.85. The maximum absolute atomic E-state index is 12.5. The lowest BCUT2D eigenvalue weighted by Gasteiger charge is -2.30. The fraction of sp³-hybridized carbons (Fsp3) is 0.478. The van der Waals surface area contributed by atoms with Gasteiger partial charge in [-0.2, -0.15) is 5.06 Å².